The first kappa shape index (κ1) is 18.0. The second kappa shape index (κ2) is 8.52. The Hall–Kier alpha value is -1.30. The first-order valence-electron chi connectivity index (χ1n) is 8.84. The van der Waals surface area contributed by atoms with E-state index >= 15 is 0 Å². The Balaban J connectivity index is 1.92. The second-order valence-corrected chi connectivity index (χ2v) is 6.85. The molecule has 0 aromatic heterocycles. The molecule has 0 aromatic rings. The van der Waals surface area contributed by atoms with E-state index < -0.39 is 0 Å². The van der Waals surface area contributed by atoms with E-state index in [1.807, 2.05) is 0 Å². The zero-order valence-electron chi connectivity index (χ0n) is 15.0. The Bertz CT molecular complexity index is 411. The lowest BCUT2D eigenvalue weighted by Crippen LogP contribution is -2.47. The molecule has 2 aliphatic rings. The van der Waals surface area contributed by atoms with E-state index in [4.69, 9.17) is 9.73 Å². The van der Waals surface area contributed by atoms with Gasteiger partial charge in [0, 0.05) is 25.7 Å². The van der Waals surface area contributed by atoms with E-state index in [0.29, 0.717) is 6.04 Å². The molecule has 1 N–H and O–H groups in total. The lowest BCUT2D eigenvalue weighted by atomic mass is 9.97. The Morgan fingerprint density at radius 1 is 1.30 bits per heavy atom. The number of likely N-dealkylation sites (tertiary alicyclic amines) is 1. The van der Waals surface area contributed by atoms with E-state index in [1.54, 1.807) is 0 Å². The smallest absolute Gasteiger partial charge is 0.308 e. The number of rotatable bonds is 6. The summed E-state index contributed by atoms with van der Waals surface area (Å²) in [4.78, 5) is 21.1. The average molecular weight is 324 g/mol. The van der Waals surface area contributed by atoms with Gasteiger partial charge in [0.05, 0.1) is 19.6 Å². The summed E-state index contributed by atoms with van der Waals surface area (Å²) in [5.41, 5.74) is 0. The minimum atomic E-state index is -0.0759. The fraction of sp³-hybridized carbons (Fsp3) is 0.882. The molecule has 0 radical (unpaired) electrons. The van der Waals surface area contributed by atoms with Crippen LogP contribution in [0.3, 0.4) is 0 Å². The van der Waals surface area contributed by atoms with Gasteiger partial charge in [-0.3, -0.25) is 9.79 Å². The number of ether oxygens (including phenoxy) is 1. The van der Waals surface area contributed by atoms with Crippen LogP contribution in [0.4, 0.5) is 0 Å². The molecule has 0 bridgehead atoms. The molecule has 1 heterocycles. The second-order valence-electron chi connectivity index (χ2n) is 6.85. The minimum Gasteiger partial charge on any atom is -0.469 e. The maximum atomic E-state index is 11.6. The summed E-state index contributed by atoms with van der Waals surface area (Å²) in [5.74, 6) is 1.76. The molecule has 1 unspecified atom stereocenters. The van der Waals surface area contributed by atoms with Gasteiger partial charge in [0.25, 0.3) is 0 Å². The highest BCUT2D eigenvalue weighted by Crippen LogP contribution is 2.34. The molecule has 1 atom stereocenters. The van der Waals surface area contributed by atoms with Crippen LogP contribution in [0.2, 0.25) is 0 Å². The highest BCUT2D eigenvalue weighted by Gasteiger charge is 2.33. The zero-order chi connectivity index (χ0) is 16.8. The third-order valence-corrected chi connectivity index (χ3v) is 4.92. The number of piperidine rings is 1. The van der Waals surface area contributed by atoms with Crippen molar-refractivity contribution in [3.8, 4) is 0 Å². The predicted octanol–water partition coefficient (Wildman–Crippen LogP) is 1.18. The van der Waals surface area contributed by atoms with Gasteiger partial charge >= 0.3 is 5.97 Å². The van der Waals surface area contributed by atoms with Gasteiger partial charge in [0.15, 0.2) is 5.96 Å². The highest BCUT2D eigenvalue weighted by molar-refractivity contribution is 5.80. The molecular weight excluding hydrogens is 292 g/mol. The minimum absolute atomic E-state index is 0.0418. The van der Waals surface area contributed by atoms with Gasteiger partial charge in [-0.05, 0) is 52.6 Å². The summed E-state index contributed by atoms with van der Waals surface area (Å²) in [6.07, 6.45) is 4.35. The molecule has 2 rings (SSSR count). The molecule has 132 valence electrons. The number of nitrogens with zero attached hydrogens (tertiary/aromatic N) is 3. The molecule has 23 heavy (non-hydrogen) atoms. The Kier molecular flexibility index (Phi) is 6.69. The Morgan fingerprint density at radius 2 is 1.96 bits per heavy atom. The fourth-order valence-electron chi connectivity index (χ4n) is 3.31. The van der Waals surface area contributed by atoms with Crippen LogP contribution in [0, 0.1) is 11.8 Å². The predicted molar refractivity (Wildman–Crippen MR) is 92.5 cm³/mol. The van der Waals surface area contributed by atoms with Crippen molar-refractivity contribution in [1.29, 1.82) is 0 Å². The quantitative estimate of drug-likeness (QED) is 0.452. The number of nitrogens with one attached hydrogen (secondary N) is 1. The van der Waals surface area contributed by atoms with Crippen LogP contribution in [0.15, 0.2) is 4.99 Å². The van der Waals surface area contributed by atoms with Crippen LogP contribution >= 0.6 is 0 Å². The topological polar surface area (TPSA) is 57.2 Å². The number of methoxy groups -OCH3 is 1. The summed E-state index contributed by atoms with van der Waals surface area (Å²) in [6, 6.07) is 0.538. The molecule has 1 saturated carbocycles. The molecule has 6 heteroatoms. The summed E-state index contributed by atoms with van der Waals surface area (Å²) >= 11 is 0. The third kappa shape index (κ3) is 5.09. The first-order chi connectivity index (χ1) is 11.1. The third-order valence-electron chi connectivity index (χ3n) is 4.92. The van der Waals surface area contributed by atoms with Crippen LogP contribution in [0.25, 0.3) is 0 Å². The van der Waals surface area contributed by atoms with E-state index in [0.717, 1.165) is 50.9 Å². The van der Waals surface area contributed by atoms with Crippen molar-refractivity contribution >= 4 is 11.9 Å². The Labute approximate surface area is 140 Å². The molecule has 0 amide bonds. The van der Waals surface area contributed by atoms with Gasteiger partial charge in [-0.25, -0.2) is 0 Å². The zero-order valence-corrected chi connectivity index (χ0v) is 15.0. The SMILES string of the molecule is CCNC(=NCC(C1CC1)N(C)C)N1CCC(C(=O)OC)CC1. The van der Waals surface area contributed by atoms with Gasteiger partial charge in [0.2, 0.25) is 0 Å². The monoisotopic (exact) mass is 324 g/mol. The van der Waals surface area contributed by atoms with Gasteiger partial charge in [-0.2, -0.15) is 0 Å². The molecule has 2 fully saturated rings. The van der Waals surface area contributed by atoms with Gasteiger partial charge < -0.3 is 19.9 Å². The summed E-state index contributed by atoms with van der Waals surface area (Å²) < 4.78 is 4.86. The average Bonchev–Trinajstić information content (AvgIpc) is 3.38. The number of esters is 1. The highest BCUT2D eigenvalue weighted by atomic mass is 16.5. The van der Waals surface area contributed by atoms with Crippen LogP contribution in [-0.2, 0) is 9.53 Å². The van der Waals surface area contributed by atoms with Crippen LogP contribution < -0.4 is 5.32 Å². The number of hydrogen-bond donors (Lipinski definition) is 1. The summed E-state index contributed by atoms with van der Waals surface area (Å²) in [6.45, 7) is 5.53. The van der Waals surface area contributed by atoms with Crippen LogP contribution in [-0.4, -0.2) is 75.2 Å². The molecule has 1 aliphatic carbocycles. The van der Waals surface area contributed by atoms with E-state index in [9.17, 15) is 4.79 Å². The van der Waals surface area contributed by atoms with Crippen molar-refractivity contribution in [2.75, 3.05) is 47.4 Å². The van der Waals surface area contributed by atoms with Gasteiger partial charge in [-0.15, -0.1) is 0 Å². The van der Waals surface area contributed by atoms with Gasteiger partial charge in [-0.1, -0.05) is 0 Å². The van der Waals surface area contributed by atoms with Crippen LogP contribution in [0.5, 0.6) is 0 Å². The molecule has 0 spiro atoms. The van der Waals surface area contributed by atoms with Crippen molar-refractivity contribution in [2.24, 2.45) is 16.8 Å². The fourth-order valence-corrected chi connectivity index (χ4v) is 3.31. The van der Waals surface area contributed by atoms with Crippen molar-refractivity contribution < 1.29 is 9.53 Å². The number of aliphatic imine (C=N–C) groups is 1. The van der Waals surface area contributed by atoms with Crippen molar-refractivity contribution in [3.05, 3.63) is 0 Å². The summed E-state index contributed by atoms with van der Waals surface area (Å²) in [7, 11) is 5.76. The Morgan fingerprint density at radius 3 is 2.43 bits per heavy atom. The van der Waals surface area contributed by atoms with Crippen molar-refractivity contribution in [1.82, 2.24) is 15.1 Å². The van der Waals surface area contributed by atoms with Crippen molar-refractivity contribution in [2.45, 2.75) is 38.6 Å². The number of carbonyl (C=O) groups excluding carboxylic acids is 1. The van der Waals surface area contributed by atoms with Crippen LogP contribution in [0.1, 0.15) is 32.6 Å². The molecule has 6 nitrogen and oxygen atoms in total. The molecule has 0 aromatic carbocycles. The normalized spacial score (nSPS) is 21.4. The number of likely N-dealkylation sites (N-methyl/N-ethyl adjacent to an activating group) is 1. The number of guanidine groups is 1. The molecule has 1 saturated heterocycles. The number of hydrogen-bond acceptors (Lipinski definition) is 4. The molecular formula is C17H32N4O2. The molecule has 1 aliphatic heterocycles. The van der Waals surface area contributed by atoms with E-state index in [-0.39, 0.29) is 11.9 Å². The maximum Gasteiger partial charge on any atom is 0.308 e. The maximum absolute atomic E-state index is 11.6. The summed E-state index contributed by atoms with van der Waals surface area (Å²) in [5, 5.41) is 3.41. The lowest BCUT2D eigenvalue weighted by Gasteiger charge is -2.33. The van der Waals surface area contributed by atoms with E-state index in [1.165, 1.54) is 20.0 Å². The van der Waals surface area contributed by atoms with E-state index in [2.05, 4.69) is 36.1 Å². The standard InChI is InChI=1S/C17H32N4O2/c1-5-18-17(19-12-15(20(2)3)13-6-7-13)21-10-8-14(9-11-21)16(22)23-4/h13-15H,5-12H2,1-4H3,(H,18,19). The largest absolute Gasteiger partial charge is 0.469 e. The number of carbonyl (C=O) groups is 1. The first-order valence-corrected chi connectivity index (χ1v) is 8.84. The lowest BCUT2D eigenvalue weighted by molar-refractivity contribution is -0.146. The van der Waals surface area contributed by atoms with Gasteiger partial charge in [0.1, 0.15) is 0 Å². The van der Waals surface area contributed by atoms with Crippen molar-refractivity contribution in [3.63, 3.8) is 0 Å².